The minimum absolute atomic E-state index is 0.182. The van der Waals surface area contributed by atoms with E-state index in [2.05, 4.69) is 24.4 Å². The van der Waals surface area contributed by atoms with Gasteiger partial charge < -0.3 is 5.32 Å². The average Bonchev–Trinajstić information content (AvgIpc) is 3.12. The van der Waals surface area contributed by atoms with Gasteiger partial charge in [-0.25, -0.2) is 0 Å². The van der Waals surface area contributed by atoms with Crippen LogP contribution in [0.15, 0.2) is 24.3 Å². The van der Waals surface area contributed by atoms with Gasteiger partial charge in [-0.3, -0.25) is 4.79 Å². The molecule has 0 saturated heterocycles. The molecule has 0 aromatic heterocycles. The van der Waals surface area contributed by atoms with Crippen molar-refractivity contribution in [1.29, 1.82) is 0 Å². The number of hydrogen-bond acceptors (Lipinski definition) is 1. The number of hydrogen-bond donors (Lipinski definition) is 1. The highest BCUT2D eigenvalue weighted by Crippen LogP contribution is 2.30. The Morgan fingerprint density at radius 1 is 1.31 bits per heavy atom. The van der Waals surface area contributed by atoms with Crippen molar-refractivity contribution >= 4 is 11.6 Å². The molecule has 0 heterocycles. The van der Waals surface area contributed by atoms with E-state index >= 15 is 0 Å². The standard InChI is InChI=1S/C14H19NO/c1-2-3-4-11-5-9-13(10-6-11)15-14(16)12-7-8-12/h5-6,9-10,12H,2-4,7-8H2,1H3,(H,15,16). The van der Waals surface area contributed by atoms with Crippen LogP contribution >= 0.6 is 0 Å². The lowest BCUT2D eigenvalue weighted by Crippen LogP contribution is -2.13. The van der Waals surface area contributed by atoms with Crippen molar-refractivity contribution in [3.05, 3.63) is 29.8 Å². The quantitative estimate of drug-likeness (QED) is 0.805. The molecule has 0 atom stereocenters. The molecule has 1 N–H and O–H groups in total. The van der Waals surface area contributed by atoms with Gasteiger partial charge in [0.2, 0.25) is 5.91 Å². The molecule has 1 aliphatic carbocycles. The van der Waals surface area contributed by atoms with Crippen molar-refractivity contribution < 1.29 is 4.79 Å². The van der Waals surface area contributed by atoms with E-state index in [1.807, 2.05) is 12.1 Å². The summed E-state index contributed by atoms with van der Waals surface area (Å²) >= 11 is 0. The first-order chi connectivity index (χ1) is 7.79. The van der Waals surface area contributed by atoms with Crippen molar-refractivity contribution in [3.63, 3.8) is 0 Å². The van der Waals surface area contributed by atoms with Crippen molar-refractivity contribution in [2.45, 2.75) is 39.0 Å². The summed E-state index contributed by atoms with van der Waals surface area (Å²) in [4.78, 5) is 11.5. The number of benzene rings is 1. The number of rotatable bonds is 5. The molecule has 1 aliphatic rings. The molecule has 1 aromatic carbocycles. The second kappa shape index (κ2) is 5.15. The fourth-order valence-corrected chi connectivity index (χ4v) is 1.73. The number of anilines is 1. The monoisotopic (exact) mass is 217 g/mol. The topological polar surface area (TPSA) is 29.1 Å². The summed E-state index contributed by atoms with van der Waals surface area (Å²) in [5.74, 6) is 0.459. The molecule has 0 bridgehead atoms. The number of nitrogens with one attached hydrogen (secondary N) is 1. The molecule has 2 heteroatoms. The van der Waals surface area contributed by atoms with Crippen LogP contribution < -0.4 is 5.32 Å². The molecule has 1 fully saturated rings. The van der Waals surface area contributed by atoms with Gasteiger partial charge in [0, 0.05) is 11.6 Å². The van der Waals surface area contributed by atoms with E-state index in [-0.39, 0.29) is 11.8 Å². The minimum atomic E-state index is 0.182. The third kappa shape index (κ3) is 3.09. The normalized spacial score (nSPS) is 14.8. The Labute approximate surface area is 97.1 Å². The highest BCUT2D eigenvalue weighted by Gasteiger charge is 2.29. The zero-order chi connectivity index (χ0) is 11.4. The van der Waals surface area contributed by atoms with Crippen LogP contribution in [0.25, 0.3) is 0 Å². The maximum absolute atomic E-state index is 11.5. The molecule has 0 spiro atoms. The Kier molecular flexibility index (Phi) is 3.60. The van der Waals surface area contributed by atoms with Gasteiger partial charge in [0.15, 0.2) is 0 Å². The molecule has 16 heavy (non-hydrogen) atoms. The second-order valence-electron chi connectivity index (χ2n) is 4.56. The second-order valence-corrected chi connectivity index (χ2v) is 4.56. The molecule has 2 nitrogen and oxygen atoms in total. The predicted molar refractivity (Wildman–Crippen MR) is 66.4 cm³/mol. The van der Waals surface area contributed by atoms with Crippen LogP contribution in [0.5, 0.6) is 0 Å². The first-order valence-corrected chi connectivity index (χ1v) is 6.19. The van der Waals surface area contributed by atoms with Gasteiger partial charge >= 0.3 is 0 Å². The zero-order valence-electron chi connectivity index (χ0n) is 9.83. The van der Waals surface area contributed by atoms with Crippen LogP contribution in [0.1, 0.15) is 38.2 Å². The van der Waals surface area contributed by atoms with Gasteiger partial charge in [0.1, 0.15) is 0 Å². The number of unbranched alkanes of at least 4 members (excludes halogenated alkanes) is 1. The van der Waals surface area contributed by atoms with Crippen LogP contribution in [0.4, 0.5) is 5.69 Å². The van der Waals surface area contributed by atoms with Crippen LogP contribution in [-0.2, 0) is 11.2 Å². The number of amides is 1. The lowest BCUT2D eigenvalue weighted by atomic mass is 10.1. The summed E-state index contributed by atoms with van der Waals surface area (Å²) in [6.45, 7) is 2.20. The number of carbonyl (C=O) groups is 1. The highest BCUT2D eigenvalue weighted by molar-refractivity contribution is 5.93. The third-order valence-corrected chi connectivity index (χ3v) is 2.99. The van der Waals surface area contributed by atoms with E-state index in [4.69, 9.17) is 0 Å². The first-order valence-electron chi connectivity index (χ1n) is 6.19. The Bertz CT molecular complexity index is 352. The zero-order valence-corrected chi connectivity index (χ0v) is 9.83. The molecule has 0 radical (unpaired) electrons. The van der Waals surface area contributed by atoms with Gasteiger partial charge in [-0.2, -0.15) is 0 Å². The number of carbonyl (C=O) groups excluding carboxylic acids is 1. The van der Waals surface area contributed by atoms with Crippen molar-refractivity contribution in [2.24, 2.45) is 5.92 Å². The Morgan fingerprint density at radius 3 is 2.56 bits per heavy atom. The highest BCUT2D eigenvalue weighted by atomic mass is 16.2. The molecule has 0 unspecified atom stereocenters. The van der Waals surface area contributed by atoms with Crippen LogP contribution in [0.2, 0.25) is 0 Å². The first kappa shape index (κ1) is 11.2. The largest absolute Gasteiger partial charge is 0.326 e. The molecule has 1 aromatic rings. The molecule has 86 valence electrons. The Morgan fingerprint density at radius 2 is 2.00 bits per heavy atom. The van der Waals surface area contributed by atoms with Gasteiger partial charge in [-0.05, 0) is 43.4 Å². The SMILES string of the molecule is CCCCc1ccc(NC(=O)C2CC2)cc1. The summed E-state index contributed by atoms with van der Waals surface area (Å²) < 4.78 is 0. The lowest BCUT2D eigenvalue weighted by Gasteiger charge is -2.05. The fourth-order valence-electron chi connectivity index (χ4n) is 1.73. The van der Waals surface area contributed by atoms with E-state index in [9.17, 15) is 4.79 Å². The molecular formula is C14H19NO. The molecular weight excluding hydrogens is 198 g/mol. The minimum Gasteiger partial charge on any atom is -0.326 e. The summed E-state index contributed by atoms with van der Waals surface area (Å²) in [5.41, 5.74) is 2.28. The van der Waals surface area contributed by atoms with Gasteiger partial charge in [-0.1, -0.05) is 25.5 Å². The van der Waals surface area contributed by atoms with E-state index in [0.29, 0.717) is 0 Å². The maximum atomic E-state index is 11.5. The van der Waals surface area contributed by atoms with Crippen molar-refractivity contribution in [3.8, 4) is 0 Å². The third-order valence-electron chi connectivity index (χ3n) is 2.99. The summed E-state index contributed by atoms with van der Waals surface area (Å²) in [5, 5.41) is 2.95. The van der Waals surface area contributed by atoms with E-state index in [1.165, 1.54) is 18.4 Å². The summed E-state index contributed by atoms with van der Waals surface area (Å²) in [6.07, 6.45) is 5.70. The molecule has 1 amide bonds. The smallest absolute Gasteiger partial charge is 0.227 e. The van der Waals surface area contributed by atoms with Crippen LogP contribution in [0.3, 0.4) is 0 Å². The van der Waals surface area contributed by atoms with Gasteiger partial charge in [-0.15, -0.1) is 0 Å². The summed E-state index contributed by atoms with van der Waals surface area (Å²) in [7, 11) is 0. The predicted octanol–water partition coefficient (Wildman–Crippen LogP) is 3.38. The van der Waals surface area contributed by atoms with Gasteiger partial charge in [0.05, 0.1) is 0 Å². The van der Waals surface area contributed by atoms with Crippen molar-refractivity contribution in [2.75, 3.05) is 5.32 Å². The molecule has 1 saturated carbocycles. The fraction of sp³-hybridized carbons (Fsp3) is 0.500. The average molecular weight is 217 g/mol. The Balaban J connectivity index is 1.88. The van der Waals surface area contributed by atoms with Crippen LogP contribution in [-0.4, -0.2) is 5.91 Å². The van der Waals surface area contributed by atoms with Crippen LogP contribution in [0, 0.1) is 5.92 Å². The van der Waals surface area contributed by atoms with E-state index in [0.717, 1.165) is 24.9 Å². The lowest BCUT2D eigenvalue weighted by molar-refractivity contribution is -0.117. The molecule has 0 aliphatic heterocycles. The maximum Gasteiger partial charge on any atom is 0.227 e. The summed E-state index contributed by atoms with van der Waals surface area (Å²) in [6, 6.07) is 8.23. The Hall–Kier alpha value is -1.31. The number of aryl methyl sites for hydroxylation is 1. The molecule has 2 rings (SSSR count). The van der Waals surface area contributed by atoms with Crippen molar-refractivity contribution in [1.82, 2.24) is 0 Å². The van der Waals surface area contributed by atoms with E-state index < -0.39 is 0 Å². The van der Waals surface area contributed by atoms with Gasteiger partial charge in [0.25, 0.3) is 0 Å². The van der Waals surface area contributed by atoms with E-state index in [1.54, 1.807) is 0 Å².